The average Bonchev–Trinajstić information content (AvgIpc) is 2.79. The van der Waals surface area contributed by atoms with Gasteiger partial charge < -0.3 is 56.1 Å². The van der Waals surface area contributed by atoms with Gasteiger partial charge in [-0.2, -0.15) is 0 Å². The Kier molecular flexibility index (Phi) is 16.9. The molecular formula is C20H22B2CoF8N6O2+2. The molecule has 1 radical (unpaired) electrons. The van der Waals surface area contributed by atoms with Gasteiger partial charge in [-0.3, -0.25) is 0 Å². The normalized spacial score (nSPS) is 9.95. The summed E-state index contributed by atoms with van der Waals surface area (Å²) in [7, 11) is -12.0. The molecular weight excluding hydrogens is 589 g/mol. The zero-order valence-electron chi connectivity index (χ0n) is 19.5. The zero-order valence-corrected chi connectivity index (χ0v) is 20.6. The van der Waals surface area contributed by atoms with E-state index in [1.54, 1.807) is 12.4 Å². The first kappa shape index (κ1) is 37.3. The maximum atomic E-state index is 9.75. The minimum Gasteiger partial charge on any atom is -0.457 e. The third-order valence-corrected chi connectivity index (χ3v) is 3.60. The Hall–Kier alpha value is -3.80. The fraction of sp³-hybridized carbons (Fsp3) is 0. The Labute approximate surface area is 227 Å². The van der Waals surface area contributed by atoms with Crippen molar-refractivity contribution in [2.75, 3.05) is 10.6 Å². The molecule has 0 amide bonds. The van der Waals surface area contributed by atoms with Crippen molar-refractivity contribution in [1.82, 2.24) is 19.9 Å². The van der Waals surface area contributed by atoms with E-state index in [1.807, 2.05) is 72.8 Å². The van der Waals surface area contributed by atoms with E-state index in [0.29, 0.717) is 11.6 Å². The fourth-order valence-electron chi connectivity index (χ4n) is 2.43. The Bertz CT molecular complexity index is 1110. The molecule has 0 aliphatic heterocycles. The topological polar surface area (TPSA) is 142 Å². The Morgan fingerprint density at radius 3 is 1.05 bits per heavy atom. The van der Waals surface area contributed by atoms with Crippen molar-refractivity contribution in [3.8, 4) is 11.4 Å². The minimum absolute atomic E-state index is 0. The summed E-state index contributed by atoms with van der Waals surface area (Å²) < 4.78 is 78.0. The van der Waals surface area contributed by atoms with Crippen molar-refractivity contribution >= 4 is 37.8 Å². The van der Waals surface area contributed by atoms with Crippen LogP contribution in [0.4, 0.5) is 57.8 Å². The van der Waals surface area contributed by atoms with E-state index < -0.39 is 14.5 Å². The van der Waals surface area contributed by atoms with Crippen LogP contribution in [0.25, 0.3) is 11.4 Å². The molecule has 0 saturated heterocycles. The number of anilines is 4. The van der Waals surface area contributed by atoms with Gasteiger partial charge in [-0.05, 0) is 48.5 Å². The summed E-state index contributed by atoms with van der Waals surface area (Å²) in [5, 5.41) is 6.39. The van der Waals surface area contributed by atoms with Gasteiger partial charge in [-0.15, -0.1) is 0 Å². The van der Waals surface area contributed by atoms with Crippen LogP contribution < -0.4 is 10.6 Å². The molecule has 0 aromatic carbocycles. The van der Waals surface area contributed by atoms with Crippen LogP contribution in [0.5, 0.6) is 0 Å². The van der Waals surface area contributed by atoms with Gasteiger partial charge in [-0.25, -0.2) is 19.9 Å². The van der Waals surface area contributed by atoms with Crippen LogP contribution in [0.3, 0.4) is 0 Å². The standard InChI is InChI=1S/C20H16N6.2BF4.Co.2H2O/c1-3-13-21-17(9-1)25-19-11-5-7-15(23-19)16-8-6-12-20(24-16)26-18-10-2-4-14-22-18;2*2-1(3,4)5;;;/h1-14H,(H,21,23,25)(H,22,24,26);;;;2*1H2/q;2*-1;+2;;/p+2. The molecule has 0 fully saturated rings. The van der Waals surface area contributed by atoms with Crippen LogP contribution in [0, 0.1) is 0 Å². The quantitative estimate of drug-likeness (QED) is 0.181. The van der Waals surface area contributed by atoms with Crippen LogP contribution in [-0.2, 0) is 27.7 Å². The first-order valence-corrected chi connectivity index (χ1v) is 9.92. The number of rotatable bonds is 5. The summed E-state index contributed by atoms with van der Waals surface area (Å²) in [6.45, 7) is 0. The van der Waals surface area contributed by atoms with Crippen LogP contribution in [-0.4, -0.2) is 34.4 Å². The molecule has 0 aliphatic rings. The van der Waals surface area contributed by atoms with Crippen LogP contribution >= 0.6 is 0 Å². The van der Waals surface area contributed by atoms with E-state index in [9.17, 15) is 34.5 Å². The molecule has 0 saturated carbocycles. The number of nitrogens with one attached hydrogen (secondary N) is 2. The molecule has 4 aromatic heterocycles. The summed E-state index contributed by atoms with van der Waals surface area (Å²) in [6, 6.07) is 22.9. The Morgan fingerprint density at radius 1 is 0.462 bits per heavy atom. The van der Waals surface area contributed by atoms with Crippen molar-refractivity contribution in [1.29, 1.82) is 0 Å². The number of hydrogen-bond acceptors (Lipinski definition) is 6. The van der Waals surface area contributed by atoms with Crippen molar-refractivity contribution < 1.29 is 62.3 Å². The number of hydrogen-bond donors (Lipinski definition) is 2. The molecule has 4 aromatic rings. The van der Waals surface area contributed by atoms with Gasteiger partial charge in [0.25, 0.3) is 0 Å². The Morgan fingerprint density at radius 2 is 0.769 bits per heavy atom. The van der Waals surface area contributed by atoms with Gasteiger partial charge in [-0.1, -0.05) is 24.3 Å². The summed E-state index contributed by atoms with van der Waals surface area (Å²) in [5.41, 5.74) is 1.55. The van der Waals surface area contributed by atoms with Crippen molar-refractivity contribution in [2.24, 2.45) is 0 Å². The summed E-state index contributed by atoms with van der Waals surface area (Å²) in [5.74, 6) is 2.92. The molecule has 213 valence electrons. The minimum atomic E-state index is -6.00. The number of aromatic nitrogens is 4. The van der Waals surface area contributed by atoms with E-state index in [0.717, 1.165) is 23.0 Å². The summed E-state index contributed by atoms with van der Waals surface area (Å²) in [6.07, 6.45) is 3.47. The van der Waals surface area contributed by atoms with Gasteiger partial charge in [0.05, 0.1) is 11.4 Å². The van der Waals surface area contributed by atoms with Crippen molar-refractivity contribution in [2.45, 2.75) is 0 Å². The van der Waals surface area contributed by atoms with Gasteiger partial charge in [0, 0.05) is 12.4 Å². The number of halogens is 8. The molecule has 0 atom stereocenters. The smallest absolute Gasteiger partial charge is 0.457 e. The fourth-order valence-corrected chi connectivity index (χ4v) is 2.43. The van der Waals surface area contributed by atoms with E-state index in [-0.39, 0.29) is 27.7 Å². The SMILES string of the molecule is F[B-](F)(F)F.F[B-](F)(F)F.[Co+2].[OH3+].[OH3+].c1ccc(Nc2cccc(-c3cccc(Nc4ccccn4)n3)n2)nc1. The zero-order chi connectivity index (χ0) is 26.6. The maximum Gasteiger partial charge on any atom is 2.00 e. The summed E-state index contributed by atoms with van der Waals surface area (Å²) >= 11 is 0. The predicted molar refractivity (Wildman–Crippen MR) is 133 cm³/mol. The van der Waals surface area contributed by atoms with E-state index in [4.69, 9.17) is 0 Å². The molecule has 0 bridgehead atoms. The largest absolute Gasteiger partial charge is 2.00 e. The molecule has 8 N–H and O–H groups in total. The second kappa shape index (κ2) is 17.7. The molecule has 19 heteroatoms. The van der Waals surface area contributed by atoms with Crippen LogP contribution in [0.1, 0.15) is 0 Å². The van der Waals surface area contributed by atoms with Crippen molar-refractivity contribution in [3.05, 3.63) is 85.2 Å². The molecule has 0 aliphatic carbocycles. The maximum absolute atomic E-state index is 9.75. The monoisotopic (exact) mass is 611 g/mol. The third-order valence-electron chi connectivity index (χ3n) is 3.60. The van der Waals surface area contributed by atoms with Crippen LogP contribution in [0.15, 0.2) is 85.2 Å². The molecule has 0 unspecified atom stereocenters. The van der Waals surface area contributed by atoms with Gasteiger partial charge in [0.1, 0.15) is 23.3 Å². The second-order valence-corrected chi connectivity index (χ2v) is 6.49. The molecule has 39 heavy (non-hydrogen) atoms. The number of pyridine rings is 4. The van der Waals surface area contributed by atoms with E-state index >= 15 is 0 Å². The predicted octanol–water partition coefficient (Wildman–Crippen LogP) is 5.17. The first-order valence-electron chi connectivity index (χ1n) is 9.92. The average molecular weight is 611 g/mol. The van der Waals surface area contributed by atoms with E-state index in [1.165, 1.54) is 0 Å². The molecule has 8 nitrogen and oxygen atoms in total. The first-order chi connectivity index (χ1) is 16.9. The molecule has 4 heterocycles. The second-order valence-electron chi connectivity index (χ2n) is 6.49. The number of nitrogens with zero attached hydrogens (tertiary/aromatic N) is 4. The molecule has 4 rings (SSSR count). The van der Waals surface area contributed by atoms with Gasteiger partial charge in [0.2, 0.25) is 0 Å². The molecule has 0 spiro atoms. The van der Waals surface area contributed by atoms with Crippen molar-refractivity contribution in [3.63, 3.8) is 0 Å². The van der Waals surface area contributed by atoms with Crippen LogP contribution in [0.2, 0.25) is 0 Å². The summed E-state index contributed by atoms with van der Waals surface area (Å²) in [4.78, 5) is 17.8. The van der Waals surface area contributed by atoms with Gasteiger partial charge >= 0.3 is 31.3 Å². The third kappa shape index (κ3) is 18.1. The Balaban J connectivity index is 0. The van der Waals surface area contributed by atoms with E-state index in [2.05, 4.69) is 30.6 Å². The van der Waals surface area contributed by atoms with Gasteiger partial charge in [0.15, 0.2) is 0 Å².